The van der Waals surface area contributed by atoms with Crippen molar-refractivity contribution in [3.05, 3.63) is 47.3 Å². The number of carbonyl (C=O) groups is 2. The molecule has 2 aliphatic rings. The molecule has 0 unspecified atom stereocenters. The summed E-state index contributed by atoms with van der Waals surface area (Å²) in [7, 11) is 1.63. The fourth-order valence-corrected chi connectivity index (χ4v) is 3.18. The molecule has 1 aliphatic carbocycles. The van der Waals surface area contributed by atoms with Crippen LogP contribution >= 0.6 is 0 Å². The Labute approximate surface area is 176 Å². The van der Waals surface area contributed by atoms with Gasteiger partial charge in [0.15, 0.2) is 5.65 Å². The number of benzene rings is 1. The van der Waals surface area contributed by atoms with Crippen LogP contribution in [0.1, 0.15) is 24.0 Å². The van der Waals surface area contributed by atoms with Crippen LogP contribution in [0.25, 0.3) is 11.7 Å². The zero-order valence-corrected chi connectivity index (χ0v) is 16.7. The van der Waals surface area contributed by atoms with Gasteiger partial charge in [0.05, 0.1) is 13.3 Å². The molecular weight excluding hydrogens is 400 g/mol. The second-order valence-corrected chi connectivity index (χ2v) is 7.30. The Balaban J connectivity index is 1.48. The molecule has 4 N–H and O–H groups in total. The lowest BCUT2D eigenvalue weighted by atomic mass is 10.2. The lowest BCUT2D eigenvalue weighted by Gasteiger charge is -2.11. The molecule has 0 bridgehead atoms. The van der Waals surface area contributed by atoms with Crippen molar-refractivity contribution in [2.24, 2.45) is 0 Å². The number of hydrogen-bond donors (Lipinski definition) is 4. The normalized spacial score (nSPS) is 17.0. The van der Waals surface area contributed by atoms with Gasteiger partial charge in [0.25, 0.3) is 5.91 Å². The number of nitrogens with zero attached hydrogens (tertiary/aromatic N) is 4. The van der Waals surface area contributed by atoms with Gasteiger partial charge in [0.1, 0.15) is 11.4 Å². The van der Waals surface area contributed by atoms with Crippen LogP contribution in [0, 0.1) is 0 Å². The highest BCUT2D eigenvalue weighted by atomic mass is 16.5. The summed E-state index contributed by atoms with van der Waals surface area (Å²) in [6.45, 7) is 0.499. The minimum atomic E-state index is -0.556. The molecule has 1 saturated carbocycles. The number of nitrogens with one attached hydrogen (secondary N) is 4. The van der Waals surface area contributed by atoms with Crippen molar-refractivity contribution in [1.29, 1.82) is 0 Å². The lowest BCUT2D eigenvalue weighted by molar-refractivity contribution is -0.115. The van der Waals surface area contributed by atoms with Crippen LogP contribution in [0.2, 0.25) is 0 Å². The number of hydrogen-bond acceptors (Lipinski definition) is 8. The van der Waals surface area contributed by atoms with Crippen LogP contribution in [0.15, 0.2) is 36.2 Å². The van der Waals surface area contributed by atoms with Crippen molar-refractivity contribution in [2.75, 3.05) is 17.7 Å². The minimum Gasteiger partial charge on any atom is -0.497 e. The Bertz CT molecular complexity index is 1210. The topological polar surface area (TPSA) is 135 Å². The second kappa shape index (κ2) is 7.59. The highest BCUT2D eigenvalue weighted by Crippen LogP contribution is 2.26. The van der Waals surface area contributed by atoms with Gasteiger partial charge >= 0.3 is 6.03 Å². The summed E-state index contributed by atoms with van der Waals surface area (Å²) >= 11 is 0. The number of fused-ring (bicyclic) bond motifs is 1. The standard InChI is InChI=1S/C20H20N8O3/c1-31-14-4-2-3-11(7-14)9-21-18-25-16-12(8-15-17(29)26-20(30)24-15)10-22-28(16)19(27-18)23-13-5-6-13/h2-4,7-8,10,13H,5-6,9H2,1H3,(H2,21,23,25,27)(H2,24,26,29,30)/b15-8-. The first-order valence-corrected chi connectivity index (χ1v) is 9.82. The first-order chi connectivity index (χ1) is 15.1. The number of methoxy groups -OCH3 is 1. The van der Waals surface area contributed by atoms with Crippen LogP contribution in [0.3, 0.4) is 0 Å². The molecule has 31 heavy (non-hydrogen) atoms. The summed E-state index contributed by atoms with van der Waals surface area (Å²) in [6, 6.07) is 7.52. The third-order valence-electron chi connectivity index (χ3n) is 4.91. The van der Waals surface area contributed by atoms with Gasteiger partial charge in [-0.3, -0.25) is 10.1 Å². The van der Waals surface area contributed by atoms with Crippen molar-refractivity contribution in [3.63, 3.8) is 0 Å². The molecule has 2 aromatic heterocycles. The minimum absolute atomic E-state index is 0.140. The van der Waals surface area contributed by atoms with E-state index < -0.39 is 11.9 Å². The fourth-order valence-electron chi connectivity index (χ4n) is 3.18. The average molecular weight is 420 g/mol. The number of urea groups is 1. The van der Waals surface area contributed by atoms with Crippen LogP contribution in [0.4, 0.5) is 16.7 Å². The van der Waals surface area contributed by atoms with Crippen LogP contribution in [-0.4, -0.2) is 44.7 Å². The van der Waals surface area contributed by atoms with Gasteiger partial charge in [-0.2, -0.15) is 19.6 Å². The maximum Gasteiger partial charge on any atom is 0.326 e. The van der Waals surface area contributed by atoms with Gasteiger partial charge in [-0.15, -0.1) is 0 Å². The molecule has 2 fully saturated rings. The molecule has 1 aliphatic heterocycles. The first kappa shape index (κ1) is 18.9. The Morgan fingerprint density at radius 2 is 2.13 bits per heavy atom. The molecular formula is C20H20N8O3. The Kier molecular flexibility index (Phi) is 4.62. The summed E-state index contributed by atoms with van der Waals surface area (Å²) < 4.78 is 6.86. The van der Waals surface area contributed by atoms with Gasteiger partial charge in [0, 0.05) is 18.2 Å². The molecule has 0 atom stereocenters. The van der Waals surface area contributed by atoms with Crippen LogP contribution in [-0.2, 0) is 11.3 Å². The SMILES string of the molecule is COc1cccc(CNc2nc(NC3CC3)n3ncc(/C=C4\NC(=O)NC4=O)c3n2)c1. The van der Waals surface area contributed by atoms with E-state index in [0.29, 0.717) is 35.7 Å². The summed E-state index contributed by atoms with van der Waals surface area (Å²) in [5, 5.41) is 15.6. The van der Waals surface area contributed by atoms with Crippen LogP contribution in [0.5, 0.6) is 5.75 Å². The van der Waals surface area contributed by atoms with E-state index in [-0.39, 0.29) is 5.70 Å². The predicted octanol–water partition coefficient (Wildman–Crippen LogP) is 1.50. The fraction of sp³-hybridized carbons (Fsp3) is 0.250. The maximum atomic E-state index is 11.9. The quantitative estimate of drug-likeness (QED) is 0.334. The Hall–Kier alpha value is -4.15. The van der Waals surface area contributed by atoms with E-state index in [1.54, 1.807) is 23.9 Å². The largest absolute Gasteiger partial charge is 0.497 e. The van der Waals surface area contributed by atoms with Gasteiger partial charge in [-0.05, 0) is 36.6 Å². The smallest absolute Gasteiger partial charge is 0.326 e. The van der Waals surface area contributed by atoms with Gasteiger partial charge < -0.3 is 20.7 Å². The number of amides is 3. The van der Waals surface area contributed by atoms with E-state index in [1.807, 2.05) is 24.3 Å². The first-order valence-electron chi connectivity index (χ1n) is 9.82. The molecule has 0 radical (unpaired) electrons. The number of rotatable bonds is 7. The third-order valence-corrected chi connectivity index (χ3v) is 4.91. The average Bonchev–Trinajstić information content (AvgIpc) is 3.41. The van der Waals surface area contributed by atoms with Crippen LogP contribution < -0.4 is 26.0 Å². The Morgan fingerprint density at radius 1 is 1.26 bits per heavy atom. The summed E-state index contributed by atoms with van der Waals surface area (Å²) in [5.41, 5.74) is 2.24. The van der Waals surface area contributed by atoms with Crippen molar-refractivity contribution >= 4 is 35.6 Å². The van der Waals surface area contributed by atoms with Crippen molar-refractivity contribution in [2.45, 2.75) is 25.4 Å². The van der Waals surface area contributed by atoms with Gasteiger partial charge in [-0.25, -0.2) is 4.79 Å². The highest BCUT2D eigenvalue weighted by molar-refractivity contribution is 6.14. The Morgan fingerprint density at radius 3 is 2.87 bits per heavy atom. The molecule has 0 spiro atoms. The lowest BCUT2D eigenvalue weighted by Crippen LogP contribution is -2.22. The molecule has 1 aromatic carbocycles. The molecule has 11 nitrogen and oxygen atoms in total. The maximum absolute atomic E-state index is 11.9. The zero-order valence-electron chi connectivity index (χ0n) is 16.7. The van der Waals surface area contributed by atoms with E-state index in [1.165, 1.54) is 0 Å². The van der Waals surface area contributed by atoms with Gasteiger partial charge in [-0.1, -0.05) is 12.1 Å². The summed E-state index contributed by atoms with van der Waals surface area (Å²) in [4.78, 5) is 32.4. The van der Waals surface area contributed by atoms with Gasteiger partial charge in [0.2, 0.25) is 11.9 Å². The number of anilines is 2. The molecule has 3 aromatic rings. The van der Waals surface area contributed by atoms with Crippen molar-refractivity contribution in [1.82, 2.24) is 30.2 Å². The second-order valence-electron chi connectivity index (χ2n) is 7.30. The van der Waals surface area contributed by atoms with E-state index in [2.05, 4.69) is 36.3 Å². The molecule has 158 valence electrons. The molecule has 5 rings (SSSR count). The predicted molar refractivity (Wildman–Crippen MR) is 112 cm³/mol. The number of aromatic nitrogens is 4. The molecule has 1 saturated heterocycles. The number of imide groups is 1. The highest BCUT2D eigenvalue weighted by Gasteiger charge is 2.25. The third kappa shape index (κ3) is 3.97. The van der Waals surface area contributed by atoms with E-state index in [4.69, 9.17) is 4.74 Å². The van der Waals surface area contributed by atoms with E-state index in [0.717, 1.165) is 24.2 Å². The molecule has 3 amide bonds. The molecule has 11 heteroatoms. The molecule has 3 heterocycles. The van der Waals surface area contributed by atoms with E-state index >= 15 is 0 Å². The summed E-state index contributed by atoms with van der Waals surface area (Å²) in [6.07, 6.45) is 5.27. The van der Waals surface area contributed by atoms with Crippen molar-refractivity contribution < 1.29 is 14.3 Å². The monoisotopic (exact) mass is 420 g/mol. The zero-order chi connectivity index (χ0) is 21.4. The van der Waals surface area contributed by atoms with E-state index in [9.17, 15) is 9.59 Å². The number of ether oxygens (including phenoxy) is 1. The summed E-state index contributed by atoms with van der Waals surface area (Å²) in [5.74, 6) is 1.25. The van der Waals surface area contributed by atoms with Crippen molar-refractivity contribution in [3.8, 4) is 5.75 Å². The number of carbonyl (C=O) groups excluding carboxylic acids is 2.